The number of hydrogen-bond donors (Lipinski definition) is 0. The highest BCUT2D eigenvalue weighted by molar-refractivity contribution is 6.01. The van der Waals surface area contributed by atoms with E-state index in [0.717, 1.165) is 33.6 Å². The third kappa shape index (κ3) is 3.45. The van der Waals surface area contributed by atoms with Gasteiger partial charge in [-0.3, -0.25) is 4.79 Å². The van der Waals surface area contributed by atoms with Crippen LogP contribution in [0.4, 0.5) is 0 Å². The molecule has 3 aromatic rings. The molecule has 140 valence electrons. The van der Waals surface area contributed by atoms with E-state index in [1.54, 1.807) is 0 Å². The molecule has 0 bridgehead atoms. The Morgan fingerprint density at radius 3 is 2.37 bits per heavy atom. The normalized spacial score (nSPS) is 11.0. The minimum Gasteiger partial charge on any atom is -0.451 e. The molecule has 0 fully saturated rings. The predicted octanol–water partition coefficient (Wildman–Crippen LogP) is 3.01. The fraction of sp³-hybridized carbons (Fsp3) is 0.350. The average Bonchev–Trinajstić information content (AvgIpc) is 3.02. The minimum atomic E-state index is -0.745. The number of nitrogens with zero attached hydrogens (tertiary/aromatic N) is 4. The number of Topliss-reactive ketones (excluding diaryl/α,β-unsaturated/α-hetero) is 1. The van der Waals surface area contributed by atoms with Crippen LogP contribution in [-0.4, -0.2) is 37.9 Å². The maximum Gasteiger partial charge on any atom is 0.378 e. The zero-order chi connectivity index (χ0) is 19.9. The molecule has 0 radical (unpaired) electrons. The Morgan fingerprint density at radius 1 is 0.963 bits per heavy atom. The molecule has 0 aliphatic carbocycles. The van der Waals surface area contributed by atoms with E-state index < -0.39 is 5.97 Å². The van der Waals surface area contributed by atoms with E-state index in [4.69, 9.17) is 4.74 Å². The van der Waals surface area contributed by atoms with Gasteiger partial charge >= 0.3 is 5.97 Å². The van der Waals surface area contributed by atoms with Gasteiger partial charge in [0.05, 0.1) is 0 Å². The molecule has 0 spiro atoms. The van der Waals surface area contributed by atoms with E-state index in [1.165, 1.54) is 4.52 Å². The first-order chi connectivity index (χ1) is 12.7. The zero-order valence-corrected chi connectivity index (χ0v) is 16.4. The van der Waals surface area contributed by atoms with Crippen molar-refractivity contribution in [2.45, 2.75) is 41.5 Å². The highest BCUT2D eigenvalue weighted by atomic mass is 16.5. The van der Waals surface area contributed by atoms with Crippen molar-refractivity contribution in [2.75, 3.05) is 6.61 Å². The lowest BCUT2D eigenvalue weighted by molar-refractivity contribution is 0.0462. The number of benzene rings is 1. The molecule has 1 aromatic carbocycles. The molecular weight excluding hydrogens is 344 g/mol. The second-order valence-electron chi connectivity index (χ2n) is 6.82. The van der Waals surface area contributed by atoms with Crippen LogP contribution in [0.15, 0.2) is 12.1 Å². The van der Waals surface area contributed by atoms with Crippen LogP contribution in [0.1, 0.15) is 54.6 Å². The van der Waals surface area contributed by atoms with Crippen molar-refractivity contribution >= 4 is 17.5 Å². The maximum atomic E-state index is 12.6. The molecule has 0 aliphatic heterocycles. The molecule has 0 unspecified atom stereocenters. The predicted molar refractivity (Wildman–Crippen MR) is 100 cm³/mol. The molecule has 0 saturated heterocycles. The standard InChI is InChI=1S/C20H22N4O3/c1-10-7-11(2)17(15(6)14(10)5)16(25)9-27-19(26)18-22-20-21-12(3)8-13(4)24(20)23-18/h7-8H,9H2,1-6H3. The largest absolute Gasteiger partial charge is 0.451 e. The zero-order valence-electron chi connectivity index (χ0n) is 16.4. The second-order valence-corrected chi connectivity index (χ2v) is 6.82. The number of carbonyl (C=O) groups is 2. The number of aromatic nitrogens is 4. The highest BCUT2D eigenvalue weighted by Crippen LogP contribution is 2.22. The van der Waals surface area contributed by atoms with Gasteiger partial charge in [-0.1, -0.05) is 6.07 Å². The minimum absolute atomic E-state index is 0.113. The van der Waals surface area contributed by atoms with Gasteiger partial charge in [0.15, 0.2) is 6.61 Å². The average molecular weight is 366 g/mol. The van der Waals surface area contributed by atoms with Crippen LogP contribution in [0.2, 0.25) is 0 Å². The summed E-state index contributed by atoms with van der Waals surface area (Å²) < 4.78 is 6.64. The summed E-state index contributed by atoms with van der Waals surface area (Å²) in [5.41, 5.74) is 6.17. The highest BCUT2D eigenvalue weighted by Gasteiger charge is 2.20. The molecule has 7 nitrogen and oxygen atoms in total. The van der Waals surface area contributed by atoms with Crippen molar-refractivity contribution in [2.24, 2.45) is 0 Å². The molecule has 3 rings (SSSR count). The first kappa shape index (κ1) is 18.7. The van der Waals surface area contributed by atoms with Crippen LogP contribution in [0.3, 0.4) is 0 Å². The van der Waals surface area contributed by atoms with E-state index >= 15 is 0 Å². The van der Waals surface area contributed by atoms with Gasteiger partial charge in [-0.2, -0.15) is 4.98 Å². The van der Waals surface area contributed by atoms with Crippen molar-refractivity contribution in [1.82, 2.24) is 19.6 Å². The quantitative estimate of drug-likeness (QED) is 0.521. The summed E-state index contributed by atoms with van der Waals surface area (Å²) in [4.78, 5) is 33.3. The molecule has 2 heterocycles. The lowest BCUT2D eigenvalue weighted by Gasteiger charge is -2.14. The molecule has 0 atom stereocenters. The monoisotopic (exact) mass is 366 g/mol. The summed E-state index contributed by atoms with van der Waals surface area (Å²) in [5, 5.41) is 4.12. The van der Waals surface area contributed by atoms with Crippen LogP contribution >= 0.6 is 0 Å². The van der Waals surface area contributed by atoms with Gasteiger partial charge in [-0.15, -0.1) is 5.10 Å². The van der Waals surface area contributed by atoms with Gasteiger partial charge in [0.2, 0.25) is 5.78 Å². The number of fused-ring (bicyclic) bond motifs is 1. The SMILES string of the molecule is Cc1cc(C)n2nc(C(=O)OCC(=O)c3c(C)cc(C)c(C)c3C)nc2n1. The van der Waals surface area contributed by atoms with Crippen molar-refractivity contribution in [3.8, 4) is 0 Å². The molecule has 0 N–H and O–H groups in total. The van der Waals surface area contributed by atoms with Gasteiger partial charge in [0.25, 0.3) is 11.6 Å². The summed E-state index contributed by atoms with van der Waals surface area (Å²) in [6, 6.07) is 3.81. The van der Waals surface area contributed by atoms with E-state index in [1.807, 2.05) is 53.7 Å². The van der Waals surface area contributed by atoms with Crippen LogP contribution in [0.25, 0.3) is 5.78 Å². The van der Waals surface area contributed by atoms with E-state index in [2.05, 4.69) is 15.1 Å². The molecule has 0 saturated carbocycles. The molecule has 7 heteroatoms. The Hall–Kier alpha value is -3.09. The number of ether oxygens (including phenoxy) is 1. The summed E-state index contributed by atoms with van der Waals surface area (Å²) >= 11 is 0. The van der Waals surface area contributed by atoms with Crippen molar-refractivity contribution in [1.29, 1.82) is 0 Å². The van der Waals surface area contributed by atoms with Gasteiger partial charge in [-0.05, 0) is 69.9 Å². The topological polar surface area (TPSA) is 86.5 Å². The Balaban J connectivity index is 1.79. The Labute approximate surface area is 157 Å². The second kappa shape index (κ2) is 6.90. The molecule has 0 amide bonds. The fourth-order valence-corrected chi connectivity index (χ4v) is 3.23. The van der Waals surface area contributed by atoms with E-state index in [0.29, 0.717) is 11.3 Å². The summed E-state index contributed by atoms with van der Waals surface area (Å²) in [7, 11) is 0. The number of ketones is 1. The van der Waals surface area contributed by atoms with Gasteiger partial charge in [0.1, 0.15) is 0 Å². The molecule has 0 aliphatic rings. The van der Waals surface area contributed by atoms with Crippen LogP contribution in [-0.2, 0) is 4.74 Å². The Kier molecular flexibility index (Phi) is 4.78. The molecular formula is C20H22N4O3. The van der Waals surface area contributed by atoms with Crippen molar-refractivity contribution in [3.05, 3.63) is 57.2 Å². The summed E-state index contributed by atoms with van der Waals surface area (Å²) in [6.07, 6.45) is 0. The lowest BCUT2D eigenvalue weighted by atomic mass is 9.92. The van der Waals surface area contributed by atoms with Gasteiger partial charge in [-0.25, -0.2) is 14.3 Å². The Morgan fingerprint density at radius 2 is 1.67 bits per heavy atom. The van der Waals surface area contributed by atoms with Gasteiger partial charge < -0.3 is 4.74 Å². The third-order valence-corrected chi connectivity index (χ3v) is 4.77. The maximum absolute atomic E-state index is 12.6. The first-order valence-electron chi connectivity index (χ1n) is 8.67. The third-order valence-electron chi connectivity index (χ3n) is 4.77. The van der Waals surface area contributed by atoms with Gasteiger partial charge in [0, 0.05) is 17.0 Å². The van der Waals surface area contributed by atoms with Crippen molar-refractivity contribution in [3.63, 3.8) is 0 Å². The first-order valence-corrected chi connectivity index (χ1v) is 8.67. The number of rotatable bonds is 4. The number of carbonyl (C=O) groups excluding carboxylic acids is 2. The number of aryl methyl sites for hydroxylation is 4. The van der Waals surface area contributed by atoms with Crippen LogP contribution in [0.5, 0.6) is 0 Å². The molecule has 2 aromatic heterocycles. The summed E-state index contributed by atoms with van der Waals surface area (Å²) in [6.45, 7) is 11.1. The smallest absolute Gasteiger partial charge is 0.378 e. The van der Waals surface area contributed by atoms with Crippen LogP contribution < -0.4 is 0 Å². The fourth-order valence-electron chi connectivity index (χ4n) is 3.23. The Bertz CT molecular complexity index is 1080. The van der Waals surface area contributed by atoms with E-state index in [-0.39, 0.29) is 18.2 Å². The van der Waals surface area contributed by atoms with Crippen LogP contribution in [0, 0.1) is 41.5 Å². The number of esters is 1. The van der Waals surface area contributed by atoms with E-state index in [9.17, 15) is 9.59 Å². The van der Waals surface area contributed by atoms with Crippen molar-refractivity contribution < 1.29 is 14.3 Å². The molecule has 27 heavy (non-hydrogen) atoms. The summed E-state index contributed by atoms with van der Waals surface area (Å²) in [5.74, 6) is -0.774. The lowest BCUT2D eigenvalue weighted by Crippen LogP contribution is -2.18. The number of hydrogen-bond acceptors (Lipinski definition) is 6.